The van der Waals surface area contributed by atoms with Crippen LogP contribution in [-0.2, 0) is 9.53 Å². The molecule has 0 saturated heterocycles. The molecular formula is C22H32O5. The first-order chi connectivity index (χ1) is 13.0. The summed E-state index contributed by atoms with van der Waals surface area (Å²) in [5.74, 6) is 5.61. The minimum absolute atomic E-state index is 0.105. The van der Waals surface area contributed by atoms with Crippen LogP contribution < -0.4 is 0 Å². The van der Waals surface area contributed by atoms with Gasteiger partial charge >= 0.3 is 5.97 Å². The van der Waals surface area contributed by atoms with Gasteiger partial charge in [-0.1, -0.05) is 37.2 Å². The van der Waals surface area contributed by atoms with Gasteiger partial charge in [-0.05, 0) is 50.0 Å². The van der Waals surface area contributed by atoms with Crippen molar-refractivity contribution in [2.24, 2.45) is 17.8 Å². The van der Waals surface area contributed by atoms with E-state index in [1.165, 1.54) is 6.42 Å². The van der Waals surface area contributed by atoms with Crippen LogP contribution in [0.3, 0.4) is 0 Å². The summed E-state index contributed by atoms with van der Waals surface area (Å²) in [7, 11) is 1.69. The van der Waals surface area contributed by atoms with Gasteiger partial charge < -0.3 is 20.1 Å². The number of allylic oxidation sites excluding steroid dienone is 1. The van der Waals surface area contributed by atoms with Crippen LogP contribution in [-0.4, -0.2) is 46.2 Å². The van der Waals surface area contributed by atoms with Gasteiger partial charge in [-0.25, -0.2) is 0 Å². The van der Waals surface area contributed by atoms with Gasteiger partial charge in [-0.15, -0.1) is 0 Å². The van der Waals surface area contributed by atoms with E-state index in [-0.39, 0.29) is 24.2 Å². The van der Waals surface area contributed by atoms with Crippen LogP contribution in [0.25, 0.3) is 0 Å². The Morgan fingerprint density at radius 3 is 2.74 bits per heavy atom. The standard InChI is InChI=1S/C22H32O5/c1-27-22-13-12-20(24)17(10-11-19(23)15-6-3-2-4-7-15)18(22)14-16(22)8-5-9-21(25)26/h8,15,17-20,23-24H,2-7,9,12-14H2,1H3,(H,25,26)/b16-8-/t17-,18-,19?,20-,22?/m0/s1. The summed E-state index contributed by atoms with van der Waals surface area (Å²) in [4.78, 5) is 10.8. The van der Waals surface area contributed by atoms with Gasteiger partial charge in [0.2, 0.25) is 0 Å². The number of methoxy groups -OCH3 is 1. The molecule has 0 aliphatic heterocycles. The van der Waals surface area contributed by atoms with E-state index in [1.54, 1.807) is 7.11 Å². The SMILES string of the molecule is COC12CC[C@H](O)[C@@H](C#CC(O)C3CCCCC3)[C@@H]1C/C2=C/CCC(=O)O. The number of hydrogen-bond acceptors (Lipinski definition) is 4. The molecule has 5 atom stereocenters. The van der Waals surface area contributed by atoms with Crippen molar-refractivity contribution in [2.45, 2.75) is 82.0 Å². The largest absolute Gasteiger partial charge is 0.481 e. The predicted octanol–water partition coefficient (Wildman–Crippen LogP) is 2.90. The second-order valence-corrected chi connectivity index (χ2v) is 8.33. The van der Waals surface area contributed by atoms with Crippen LogP contribution in [0.1, 0.15) is 64.2 Å². The van der Waals surface area contributed by atoms with Crippen molar-refractivity contribution in [3.8, 4) is 11.8 Å². The van der Waals surface area contributed by atoms with E-state index in [4.69, 9.17) is 9.84 Å². The van der Waals surface area contributed by atoms with E-state index < -0.39 is 23.8 Å². The molecule has 3 fully saturated rings. The first-order valence-electron chi connectivity index (χ1n) is 10.3. The molecule has 150 valence electrons. The number of carboxylic acid groups (broad SMARTS) is 1. The summed E-state index contributed by atoms with van der Waals surface area (Å²) < 4.78 is 5.89. The third kappa shape index (κ3) is 4.23. The average molecular weight is 376 g/mol. The number of rotatable bonds is 5. The molecule has 0 heterocycles. The zero-order chi connectivity index (χ0) is 19.4. The van der Waals surface area contributed by atoms with Gasteiger partial charge in [-0.2, -0.15) is 0 Å². The zero-order valence-corrected chi connectivity index (χ0v) is 16.2. The number of aliphatic carboxylic acids is 1. The molecule has 0 aromatic heterocycles. The average Bonchev–Trinajstić information content (AvgIpc) is 2.66. The van der Waals surface area contributed by atoms with E-state index in [2.05, 4.69) is 11.8 Å². The summed E-state index contributed by atoms with van der Waals surface area (Å²) in [6, 6.07) is 0. The topological polar surface area (TPSA) is 87.0 Å². The van der Waals surface area contributed by atoms with Crippen molar-refractivity contribution in [1.82, 2.24) is 0 Å². The molecule has 3 aliphatic carbocycles. The summed E-state index contributed by atoms with van der Waals surface area (Å²) in [6.45, 7) is 0. The second kappa shape index (κ2) is 8.77. The van der Waals surface area contributed by atoms with Crippen molar-refractivity contribution >= 4 is 5.97 Å². The molecule has 2 unspecified atom stereocenters. The lowest BCUT2D eigenvalue weighted by molar-refractivity contribution is -0.139. The highest BCUT2D eigenvalue weighted by atomic mass is 16.5. The van der Waals surface area contributed by atoms with E-state index >= 15 is 0 Å². The van der Waals surface area contributed by atoms with Crippen molar-refractivity contribution in [3.63, 3.8) is 0 Å². The van der Waals surface area contributed by atoms with Gasteiger partial charge in [0.05, 0.1) is 17.6 Å². The van der Waals surface area contributed by atoms with Crippen LogP contribution in [0.15, 0.2) is 11.6 Å². The maximum Gasteiger partial charge on any atom is 0.303 e. The molecule has 27 heavy (non-hydrogen) atoms. The van der Waals surface area contributed by atoms with Crippen LogP contribution in [0, 0.1) is 29.6 Å². The number of carbonyl (C=O) groups is 1. The van der Waals surface area contributed by atoms with Crippen molar-refractivity contribution in [3.05, 3.63) is 11.6 Å². The maximum absolute atomic E-state index is 10.8. The number of aliphatic hydroxyl groups excluding tert-OH is 2. The Morgan fingerprint density at radius 2 is 2.07 bits per heavy atom. The van der Waals surface area contributed by atoms with Crippen molar-refractivity contribution in [2.75, 3.05) is 7.11 Å². The maximum atomic E-state index is 10.8. The Morgan fingerprint density at radius 1 is 1.33 bits per heavy atom. The van der Waals surface area contributed by atoms with Crippen LogP contribution in [0.2, 0.25) is 0 Å². The molecule has 3 aliphatic rings. The van der Waals surface area contributed by atoms with Crippen LogP contribution in [0.4, 0.5) is 0 Å². The summed E-state index contributed by atoms with van der Waals surface area (Å²) >= 11 is 0. The Bertz CT molecular complexity index is 624. The van der Waals surface area contributed by atoms with E-state index in [9.17, 15) is 15.0 Å². The molecule has 5 heteroatoms. The molecule has 0 spiro atoms. The van der Waals surface area contributed by atoms with Crippen molar-refractivity contribution in [1.29, 1.82) is 0 Å². The number of ether oxygens (including phenoxy) is 1. The monoisotopic (exact) mass is 376 g/mol. The first kappa shape index (κ1) is 20.4. The molecule has 5 nitrogen and oxygen atoms in total. The van der Waals surface area contributed by atoms with Gasteiger partial charge in [-0.3, -0.25) is 4.79 Å². The highest BCUT2D eigenvalue weighted by molar-refractivity contribution is 5.66. The summed E-state index contributed by atoms with van der Waals surface area (Å²) in [6.07, 6.45) is 9.27. The van der Waals surface area contributed by atoms with Gasteiger partial charge in [0.25, 0.3) is 0 Å². The minimum atomic E-state index is -0.797. The zero-order valence-electron chi connectivity index (χ0n) is 16.2. The molecule has 0 aromatic carbocycles. The molecule has 0 amide bonds. The Labute approximate surface area is 161 Å². The fraction of sp³-hybridized carbons (Fsp3) is 0.773. The lowest BCUT2D eigenvalue weighted by atomic mass is 9.53. The Balaban J connectivity index is 1.70. The third-order valence-electron chi connectivity index (χ3n) is 6.85. The van der Waals surface area contributed by atoms with Crippen LogP contribution >= 0.6 is 0 Å². The minimum Gasteiger partial charge on any atom is -0.481 e. The Hall–Kier alpha value is -1.35. The van der Waals surface area contributed by atoms with E-state index in [0.717, 1.165) is 44.1 Å². The lowest BCUT2D eigenvalue weighted by Gasteiger charge is -2.57. The lowest BCUT2D eigenvalue weighted by Crippen LogP contribution is -2.59. The normalized spacial score (nSPS) is 36.3. The molecular weight excluding hydrogens is 344 g/mol. The third-order valence-corrected chi connectivity index (χ3v) is 6.85. The molecule has 3 rings (SSSR count). The van der Waals surface area contributed by atoms with E-state index in [0.29, 0.717) is 12.8 Å². The van der Waals surface area contributed by atoms with Gasteiger partial charge in [0.1, 0.15) is 6.10 Å². The number of carboxylic acids is 1. The number of hydrogen-bond donors (Lipinski definition) is 3. The fourth-order valence-electron chi connectivity index (χ4n) is 5.21. The molecule has 0 radical (unpaired) electrons. The van der Waals surface area contributed by atoms with Gasteiger partial charge in [0, 0.05) is 19.4 Å². The second-order valence-electron chi connectivity index (χ2n) is 8.33. The molecule has 3 saturated carbocycles. The predicted molar refractivity (Wildman–Crippen MR) is 102 cm³/mol. The van der Waals surface area contributed by atoms with Crippen LogP contribution in [0.5, 0.6) is 0 Å². The number of aliphatic hydroxyl groups is 2. The Kier molecular flexibility index (Phi) is 6.62. The molecule has 0 bridgehead atoms. The quantitative estimate of drug-likeness (QED) is 0.507. The molecule has 0 aromatic rings. The summed E-state index contributed by atoms with van der Waals surface area (Å²) in [5, 5.41) is 29.8. The fourth-order valence-corrected chi connectivity index (χ4v) is 5.21. The van der Waals surface area contributed by atoms with Gasteiger partial charge in [0.15, 0.2) is 0 Å². The first-order valence-corrected chi connectivity index (χ1v) is 10.3. The van der Waals surface area contributed by atoms with E-state index in [1.807, 2.05) is 6.08 Å². The smallest absolute Gasteiger partial charge is 0.303 e. The van der Waals surface area contributed by atoms with Crippen molar-refractivity contribution < 1.29 is 24.9 Å². The highest BCUT2D eigenvalue weighted by Gasteiger charge is 2.58. The highest BCUT2D eigenvalue weighted by Crippen LogP contribution is 2.56. The summed E-state index contributed by atoms with van der Waals surface area (Å²) in [5.41, 5.74) is 0.718. The molecule has 3 N–H and O–H groups in total. The number of fused-ring (bicyclic) bond motifs is 1.